The molecule has 0 fully saturated rings. The zero-order valence-electron chi connectivity index (χ0n) is 12.0. The van der Waals surface area contributed by atoms with Crippen LogP contribution in [0.5, 0.6) is 0 Å². The van der Waals surface area contributed by atoms with Crippen molar-refractivity contribution in [3.05, 3.63) is 89.3 Å². The van der Waals surface area contributed by atoms with Crippen LogP contribution in [-0.4, -0.2) is 15.0 Å². The largest absolute Gasteiger partial charge is 0.264 e. The number of hydrogen-bond acceptors (Lipinski definition) is 3. The van der Waals surface area contributed by atoms with Crippen molar-refractivity contribution >= 4 is 0 Å². The highest BCUT2D eigenvalue weighted by molar-refractivity contribution is 5.27. The van der Waals surface area contributed by atoms with Gasteiger partial charge in [0.05, 0.1) is 0 Å². The molecule has 0 amide bonds. The van der Waals surface area contributed by atoms with Crippen LogP contribution in [0.3, 0.4) is 0 Å². The molecule has 3 rings (SSSR count). The quantitative estimate of drug-likeness (QED) is 0.733. The van der Waals surface area contributed by atoms with Crippen molar-refractivity contribution in [3.8, 4) is 0 Å². The number of nitrogens with zero attached hydrogens (tertiary/aromatic N) is 3. The molecule has 21 heavy (non-hydrogen) atoms. The topological polar surface area (TPSA) is 38.7 Å². The van der Waals surface area contributed by atoms with E-state index in [1.807, 2.05) is 49.1 Å². The molecule has 0 saturated heterocycles. The summed E-state index contributed by atoms with van der Waals surface area (Å²) in [6, 6.07) is 12.3. The number of hydrogen-bond donors (Lipinski definition) is 0. The molecule has 0 aliphatic rings. The second-order valence-corrected chi connectivity index (χ2v) is 5.20. The van der Waals surface area contributed by atoms with E-state index in [-0.39, 0.29) is 0 Å². The van der Waals surface area contributed by atoms with Gasteiger partial charge in [0, 0.05) is 49.0 Å². The predicted molar refractivity (Wildman–Crippen MR) is 83.1 cm³/mol. The Labute approximate surface area is 124 Å². The lowest BCUT2D eigenvalue weighted by Crippen LogP contribution is -1.97. The predicted octanol–water partition coefficient (Wildman–Crippen LogP) is 3.36. The zero-order chi connectivity index (χ0) is 14.5. The maximum absolute atomic E-state index is 4.41. The van der Waals surface area contributed by atoms with Gasteiger partial charge in [-0.25, -0.2) is 0 Å². The van der Waals surface area contributed by atoms with Gasteiger partial charge in [-0.1, -0.05) is 12.1 Å². The van der Waals surface area contributed by atoms with Crippen LogP contribution in [0.25, 0.3) is 0 Å². The first kappa shape index (κ1) is 13.4. The van der Waals surface area contributed by atoms with Crippen molar-refractivity contribution in [2.24, 2.45) is 0 Å². The van der Waals surface area contributed by atoms with Crippen LogP contribution in [0.4, 0.5) is 0 Å². The molecule has 0 bridgehead atoms. The fourth-order valence-corrected chi connectivity index (χ4v) is 2.35. The minimum atomic E-state index is 0.808. The lowest BCUT2D eigenvalue weighted by Gasteiger charge is -2.05. The molecule has 0 aliphatic carbocycles. The average Bonchev–Trinajstić information content (AvgIpc) is 2.49. The molecule has 0 aromatic carbocycles. The Morgan fingerprint density at radius 2 is 1.57 bits per heavy atom. The van der Waals surface area contributed by atoms with Gasteiger partial charge in [-0.2, -0.15) is 0 Å². The third-order valence-electron chi connectivity index (χ3n) is 3.32. The SMILES string of the molecule is Cc1ccnc(Cc2cncc(Cc3ccccn3)c2)c1. The monoisotopic (exact) mass is 275 g/mol. The zero-order valence-corrected chi connectivity index (χ0v) is 12.0. The van der Waals surface area contributed by atoms with E-state index in [4.69, 9.17) is 0 Å². The number of aryl methyl sites for hydroxylation is 1. The molecule has 0 unspecified atom stereocenters. The number of aromatic nitrogens is 3. The molecule has 0 spiro atoms. The molecular formula is C18H17N3. The Kier molecular flexibility index (Phi) is 4.01. The normalized spacial score (nSPS) is 10.5. The van der Waals surface area contributed by atoms with Gasteiger partial charge in [-0.3, -0.25) is 15.0 Å². The smallest absolute Gasteiger partial charge is 0.0450 e. The highest BCUT2D eigenvalue weighted by Gasteiger charge is 2.02. The van der Waals surface area contributed by atoms with Crippen molar-refractivity contribution in [2.45, 2.75) is 19.8 Å². The maximum Gasteiger partial charge on any atom is 0.0450 e. The van der Waals surface area contributed by atoms with E-state index in [1.54, 1.807) is 0 Å². The molecule has 0 N–H and O–H groups in total. The molecule has 104 valence electrons. The van der Waals surface area contributed by atoms with Crippen molar-refractivity contribution < 1.29 is 0 Å². The first-order chi connectivity index (χ1) is 10.3. The van der Waals surface area contributed by atoms with Gasteiger partial charge in [0.2, 0.25) is 0 Å². The third kappa shape index (κ3) is 3.72. The van der Waals surface area contributed by atoms with Crippen LogP contribution < -0.4 is 0 Å². The molecular weight excluding hydrogens is 258 g/mol. The van der Waals surface area contributed by atoms with Gasteiger partial charge in [-0.15, -0.1) is 0 Å². The van der Waals surface area contributed by atoms with Crippen LogP contribution in [0, 0.1) is 6.92 Å². The second-order valence-electron chi connectivity index (χ2n) is 5.20. The summed E-state index contributed by atoms with van der Waals surface area (Å²) in [6.07, 6.45) is 9.11. The summed E-state index contributed by atoms with van der Waals surface area (Å²) in [5, 5.41) is 0. The van der Waals surface area contributed by atoms with E-state index >= 15 is 0 Å². The summed E-state index contributed by atoms with van der Waals surface area (Å²) >= 11 is 0. The van der Waals surface area contributed by atoms with Crippen LogP contribution in [0.1, 0.15) is 28.1 Å². The first-order valence-electron chi connectivity index (χ1n) is 7.04. The van der Waals surface area contributed by atoms with Gasteiger partial charge in [0.25, 0.3) is 0 Å². The second kappa shape index (κ2) is 6.27. The van der Waals surface area contributed by atoms with Crippen molar-refractivity contribution in [1.29, 1.82) is 0 Å². The number of pyridine rings is 3. The van der Waals surface area contributed by atoms with Gasteiger partial charge >= 0.3 is 0 Å². The Morgan fingerprint density at radius 3 is 2.29 bits per heavy atom. The minimum absolute atomic E-state index is 0.808. The van der Waals surface area contributed by atoms with E-state index in [9.17, 15) is 0 Å². The van der Waals surface area contributed by atoms with Gasteiger partial charge in [-0.05, 0) is 47.9 Å². The van der Waals surface area contributed by atoms with Gasteiger partial charge < -0.3 is 0 Å². The molecule has 3 aromatic heterocycles. The summed E-state index contributed by atoms with van der Waals surface area (Å²) in [7, 11) is 0. The molecule has 0 atom stereocenters. The molecule has 3 aromatic rings. The maximum atomic E-state index is 4.41. The number of rotatable bonds is 4. The summed E-state index contributed by atoms with van der Waals surface area (Å²) < 4.78 is 0. The Balaban J connectivity index is 1.77. The van der Waals surface area contributed by atoms with Crippen molar-refractivity contribution in [3.63, 3.8) is 0 Å². The van der Waals surface area contributed by atoms with Crippen LogP contribution in [-0.2, 0) is 12.8 Å². The molecule has 3 heteroatoms. The Bertz CT molecular complexity index is 723. The van der Waals surface area contributed by atoms with Crippen molar-refractivity contribution in [2.75, 3.05) is 0 Å². The Morgan fingerprint density at radius 1 is 0.810 bits per heavy atom. The average molecular weight is 275 g/mol. The standard InChI is InChI=1S/C18H17N3/c1-14-5-7-21-18(8-14)11-16-9-15(12-19-13-16)10-17-4-2-3-6-20-17/h2-9,12-13H,10-11H2,1H3. The highest BCUT2D eigenvalue weighted by Crippen LogP contribution is 2.12. The summed E-state index contributed by atoms with van der Waals surface area (Å²) in [5.74, 6) is 0. The van der Waals surface area contributed by atoms with Crippen LogP contribution in [0.2, 0.25) is 0 Å². The van der Waals surface area contributed by atoms with E-state index < -0.39 is 0 Å². The Hall–Kier alpha value is -2.55. The third-order valence-corrected chi connectivity index (χ3v) is 3.32. The fraction of sp³-hybridized carbons (Fsp3) is 0.167. The first-order valence-corrected chi connectivity index (χ1v) is 7.04. The summed E-state index contributed by atoms with van der Waals surface area (Å²) in [4.78, 5) is 13.1. The highest BCUT2D eigenvalue weighted by atomic mass is 14.7. The fourth-order valence-electron chi connectivity index (χ4n) is 2.35. The molecule has 0 radical (unpaired) electrons. The van der Waals surface area contributed by atoms with Crippen LogP contribution in [0.15, 0.2) is 61.2 Å². The molecule has 0 aliphatic heterocycles. The van der Waals surface area contributed by atoms with E-state index in [1.165, 1.54) is 16.7 Å². The molecule has 0 saturated carbocycles. The summed E-state index contributed by atoms with van der Waals surface area (Å²) in [6.45, 7) is 2.08. The minimum Gasteiger partial charge on any atom is -0.264 e. The molecule has 3 nitrogen and oxygen atoms in total. The van der Waals surface area contributed by atoms with Crippen LogP contribution >= 0.6 is 0 Å². The van der Waals surface area contributed by atoms with Gasteiger partial charge in [0.1, 0.15) is 0 Å². The van der Waals surface area contributed by atoms with Gasteiger partial charge in [0.15, 0.2) is 0 Å². The van der Waals surface area contributed by atoms with Crippen molar-refractivity contribution in [1.82, 2.24) is 15.0 Å². The van der Waals surface area contributed by atoms with E-state index in [2.05, 4.69) is 34.0 Å². The summed E-state index contributed by atoms with van der Waals surface area (Å²) in [5.41, 5.74) is 5.73. The lowest BCUT2D eigenvalue weighted by molar-refractivity contribution is 1.01. The van der Waals surface area contributed by atoms with E-state index in [0.29, 0.717) is 0 Å². The van der Waals surface area contributed by atoms with E-state index in [0.717, 1.165) is 24.2 Å². The molecule has 3 heterocycles. The lowest BCUT2D eigenvalue weighted by atomic mass is 10.1.